The number of aromatic nitrogens is 4. The van der Waals surface area contributed by atoms with Crippen molar-refractivity contribution < 1.29 is 19.4 Å². The molecular weight excluding hydrogens is 434 g/mol. The molecule has 9 heteroatoms. The fourth-order valence-electron chi connectivity index (χ4n) is 4.38. The van der Waals surface area contributed by atoms with Gasteiger partial charge in [0.2, 0.25) is 5.88 Å². The smallest absolute Gasteiger partial charge is 0.407 e. The lowest BCUT2D eigenvalue weighted by Crippen LogP contribution is -2.44. The van der Waals surface area contributed by atoms with Crippen LogP contribution in [0.3, 0.4) is 0 Å². The van der Waals surface area contributed by atoms with Crippen LogP contribution < -0.4 is 9.47 Å². The number of methoxy groups -OCH3 is 1. The second kappa shape index (κ2) is 9.38. The van der Waals surface area contributed by atoms with E-state index in [9.17, 15) is 9.90 Å². The third-order valence-electron chi connectivity index (χ3n) is 6.07. The monoisotopic (exact) mass is 459 g/mol. The summed E-state index contributed by atoms with van der Waals surface area (Å²) in [5, 5.41) is 14.6. The first-order valence-corrected chi connectivity index (χ1v) is 11.2. The topological polar surface area (TPSA) is 103 Å². The van der Waals surface area contributed by atoms with E-state index >= 15 is 0 Å². The summed E-state index contributed by atoms with van der Waals surface area (Å²) in [6, 6.07) is 14.8. The van der Waals surface area contributed by atoms with E-state index in [-0.39, 0.29) is 6.04 Å². The zero-order valence-corrected chi connectivity index (χ0v) is 18.8. The van der Waals surface area contributed by atoms with Gasteiger partial charge in [0.05, 0.1) is 30.6 Å². The molecule has 0 saturated carbocycles. The molecule has 1 unspecified atom stereocenters. The van der Waals surface area contributed by atoms with Crippen molar-refractivity contribution in [3.05, 3.63) is 72.2 Å². The maximum Gasteiger partial charge on any atom is 0.407 e. The fourth-order valence-corrected chi connectivity index (χ4v) is 4.38. The van der Waals surface area contributed by atoms with Crippen LogP contribution >= 0.6 is 0 Å². The lowest BCUT2D eigenvalue weighted by molar-refractivity contribution is 0.108. The summed E-state index contributed by atoms with van der Waals surface area (Å²) in [5.74, 6) is 1.24. The molecule has 5 rings (SSSR count). The van der Waals surface area contributed by atoms with Crippen molar-refractivity contribution in [1.29, 1.82) is 0 Å². The number of fused-ring (bicyclic) bond motifs is 2. The highest BCUT2D eigenvalue weighted by Crippen LogP contribution is 2.27. The van der Waals surface area contributed by atoms with Crippen molar-refractivity contribution in [2.24, 2.45) is 0 Å². The summed E-state index contributed by atoms with van der Waals surface area (Å²) in [5.41, 5.74) is 4.28. The predicted molar refractivity (Wildman–Crippen MR) is 126 cm³/mol. The summed E-state index contributed by atoms with van der Waals surface area (Å²) < 4.78 is 12.8. The Hall–Kier alpha value is -4.14. The van der Waals surface area contributed by atoms with Crippen molar-refractivity contribution in [1.82, 2.24) is 24.6 Å². The molecule has 1 atom stereocenters. The predicted octanol–water partition coefficient (Wildman–Crippen LogP) is 3.74. The van der Waals surface area contributed by atoms with Gasteiger partial charge in [-0.15, -0.1) is 0 Å². The highest BCUT2D eigenvalue weighted by atomic mass is 16.5. The van der Waals surface area contributed by atoms with E-state index in [2.05, 4.69) is 9.97 Å². The fraction of sp³-hybridized carbons (Fsp3) is 0.280. The number of rotatable bonds is 7. The van der Waals surface area contributed by atoms with Crippen LogP contribution in [0, 0.1) is 0 Å². The van der Waals surface area contributed by atoms with Gasteiger partial charge in [-0.3, -0.25) is 4.98 Å². The Morgan fingerprint density at radius 1 is 1.21 bits per heavy atom. The van der Waals surface area contributed by atoms with E-state index in [1.54, 1.807) is 19.4 Å². The standard InChI is InChI=1S/C25H25N5O4/c1-33-23-10-9-21-24(27-23)22(11-12-26-21)30-16-17-15-18(7-8-20(17)28-30)29(25(31)32)13-14-34-19-5-3-2-4-6-19/h2-6,9-12,16,18H,7-8,13-15H2,1H3,(H,31,32). The van der Waals surface area contributed by atoms with Gasteiger partial charge in [0.1, 0.15) is 17.9 Å². The summed E-state index contributed by atoms with van der Waals surface area (Å²) in [6.07, 6.45) is 4.79. The van der Waals surface area contributed by atoms with Gasteiger partial charge in [-0.25, -0.2) is 14.5 Å². The number of benzene rings is 1. The van der Waals surface area contributed by atoms with Crippen LogP contribution in [0.25, 0.3) is 16.7 Å². The summed E-state index contributed by atoms with van der Waals surface area (Å²) in [6.45, 7) is 0.604. The molecule has 1 aliphatic rings. The van der Waals surface area contributed by atoms with Crippen molar-refractivity contribution >= 4 is 17.1 Å². The molecular formula is C25H25N5O4. The Morgan fingerprint density at radius 3 is 2.85 bits per heavy atom. The number of nitrogens with zero attached hydrogens (tertiary/aromatic N) is 5. The molecule has 0 aliphatic heterocycles. The number of pyridine rings is 2. The molecule has 0 saturated heterocycles. The minimum absolute atomic E-state index is 0.130. The van der Waals surface area contributed by atoms with Gasteiger partial charge in [-0.2, -0.15) is 5.10 Å². The summed E-state index contributed by atoms with van der Waals surface area (Å²) >= 11 is 0. The third-order valence-corrected chi connectivity index (χ3v) is 6.07. The molecule has 0 spiro atoms. The number of para-hydroxylation sites is 1. The normalized spacial score (nSPS) is 15.0. The SMILES string of the molecule is COc1ccc2nccc(-n3cc4c(n3)CCC(N(CCOc3ccccc3)C(=O)O)C4)c2n1. The van der Waals surface area contributed by atoms with Gasteiger partial charge in [0.25, 0.3) is 0 Å². The van der Waals surface area contributed by atoms with E-state index in [0.717, 1.165) is 28.2 Å². The highest BCUT2D eigenvalue weighted by Gasteiger charge is 2.29. The molecule has 3 heterocycles. The molecule has 0 radical (unpaired) electrons. The van der Waals surface area contributed by atoms with E-state index in [1.807, 2.05) is 53.3 Å². The molecule has 0 fully saturated rings. The third kappa shape index (κ3) is 4.36. The van der Waals surface area contributed by atoms with Crippen molar-refractivity contribution in [3.8, 4) is 17.3 Å². The summed E-state index contributed by atoms with van der Waals surface area (Å²) in [7, 11) is 1.58. The van der Waals surface area contributed by atoms with Gasteiger partial charge < -0.3 is 19.5 Å². The van der Waals surface area contributed by atoms with Crippen molar-refractivity contribution in [3.63, 3.8) is 0 Å². The number of amides is 1. The Kier molecular flexibility index (Phi) is 5.99. The minimum atomic E-state index is -0.936. The van der Waals surface area contributed by atoms with Gasteiger partial charge in [-0.05, 0) is 49.1 Å². The maximum atomic E-state index is 12.0. The van der Waals surface area contributed by atoms with Crippen LogP contribution in [0.2, 0.25) is 0 Å². The zero-order chi connectivity index (χ0) is 23.5. The van der Waals surface area contributed by atoms with Gasteiger partial charge in [0, 0.05) is 24.5 Å². The second-order valence-electron chi connectivity index (χ2n) is 8.13. The van der Waals surface area contributed by atoms with Gasteiger partial charge in [-0.1, -0.05) is 18.2 Å². The molecule has 1 aromatic carbocycles. The van der Waals surface area contributed by atoms with Crippen LogP contribution in [-0.2, 0) is 12.8 Å². The summed E-state index contributed by atoms with van der Waals surface area (Å²) in [4.78, 5) is 22.4. The molecule has 1 amide bonds. The number of hydrogen-bond acceptors (Lipinski definition) is 6. The average Bonchev–Trinajstić information content (AvgIpc) is 3.29. The minimum Gasteiger partial charge on any atom is -0.492 e. The quantitative estimate of drug-likeness (QED) is 0.449. The lowest BCUT2D eigenvalue weighted by Gasteiger charge is -2.31. The molecule has 174 valence electrons. The Balaban J connectivity index is 1.34. The van der Waals surface area contributed by atoms with Crippen LogP contribution in [0.15, 0.2) is 60.9 Å². The Bertz CT molecular complexity index is 1310. The van der Waals surface area contributed by atoms with Crippen LogP contribution in [0.4, 0.5) is 4.79 Å². The highest BCUT2D eigenvalue weighted by molar-refractivity contribution is 5.83. The van der Waals surface area contributed by atoms with Crippen LogP contribution in [-0.4, -0.2) is 62.2 Å². The molecule has 4 aromatic rings. The number of carboxylic acid groups (broad SMARTS) is 1. The number of ether oxygens (including phenoxy) is 2. The van der Waals surface area contributed by atoms with E-state index in [4.69, 9.17) is 14.6 Å². The molecule has 9 nitrogen and oxygen atoms in total. The largest absolute Gasteiger partial charge is 0.492 e. The Labute approximate surface area is 196 Å². The first-order valence-electron chi connectivity index (χ1n) is 11.2. The molecule has 1 aliphatic carbocycles. The maximum absolute atomic E-state index is 12.0. The molecule has 1 N–H and O–H groups in total. The molecule has 34 heavy (non-hydrogen) atoms. The lowest BCUT2D eigenvalue weighted by atomic mass is 9.92. The van der Waals surface area contributed by atoms with Crippen molar-refractivity contribution in [2.45, 2.75) is 25.3 Å². The number of carbonyl (C=O) groups is 1. The average molecular weight is 460 g/mol. The first-order chi connectivity index (χ1) is 16.6. The molecule has 0 bridgehead atoms. The second-order valence-corrected chi connectivity index (χ2v) is 8.13. The van der Waals surface area contributed by atoms with E-state index in [1.165, 1.54) is 4.90 Å². The number of aryl methyl sites for hydroxylation is 1. The zero-order valence-electron chi connectivity index (χ0n) is 18.8. The number of hydrogen-bond donors (Lipinski definition) is 1. The van der Waals surface area contributed by atoms with Crippen molar-refractivity contribution in [2.75, 3.05) is 20.3 Å². The van der Waals surface area contributed by atoms with Gasteiger partial charge in [0.15, 0.2) is 0 Å². The molecule has 3 aromatic heterocycles. The van der Waals surface area contributed by atoms with Crippen LogP contribution in [0.1, 0.15) is 17.7 Å². The Morgan fingerprint density at radius 2 is 2.06 bits per heavy atom. The first kappa shape index (κ1) is 21.7. The van der Waals surface area contributed by atoms with E-state index < -0.39 is 6.09 Å². The van der Waals surface area contributed by atoms with E-state index in [0.29, 0.717) is 43.8 Å². The van der Waals surface area contributed by atoms with Crippen LogP contribution in [0.5, 0.6) is 11.6 Å². The van der Waals surface area contributed by atoms with Gasteiger partial charge >= 0.3 is 6.09 Å².